The molecule has 124 valence electrons. The standard InChI is InChI=1S/C17H23N3O3/c1-6-17(5)15-14(21-16(3,4)23-15)13(22-17)12-8-7-11-10(2)18-9-19-20(11)12/h7-9,13-15H,6H2,1-5H3/t13-,14-,15-,17+/m0/s1. The molecule has 6 heteroatoms. The average molecular weight is 317 g/mol. The summed E-state index contributed by atoms with van der Waals surface area (Å²) in [5, 5.41) is 4.40. The van der Waals surface area contributed by atoms with Crippen LogP contribution in [-0.4, -0.2) is 38.2 Å². The van der Waals surface area contributed by atoms with Crippen LogP contribution in [0.5, 0.6) is 0 Å². The zero-order chi connectivity index (χ0) is 16.4. The SMILES string of the molecule is CC[C@@]1(C)O[C@@H](c2ccc3c(C)ncnn23)[C@@H]2OC(C)(C)O[C@@H]21. The van der Waals surface area contributed by atoms with Gasteiger partial charge in [-0.2, -0.15) is 5.10 Å². The Morgan fingerprint density at radius 3 is 2.70 bits per heavy atom. The zero-order valence-corrected chi connectivity index (χ0v) is 14.2. The highest BCUT2D eigenvalue weighted by atomic mass is 16.8. The molecular formula is C17H23N3O3. The fourth-order valence-electron chi connectivity index (χ4n) is 3.71. The van der Waals surface area contributed by atoms with Crippen molar-refractivity contribution in [2.75, 3.05) is 0 Å². The molecule has 2 saturated heterocycles. The Bertz CT molecular complexity index is 757. The summed E-state index contributed by atoms with van der Waals surface area (Å²) < 4.78 is 20.7. The molecule has 23 heavy (non-hydrogen) atoms. The zero-order valence-electron chi connectivity index (χ0n) is 14.2. The molecule has 0 saturated carbocycles. The first-order chi connectivity index (χ1) is 10.8. The summed E-state index contributed by atoms with van der Waals surface area (Å²) in [5.74, 6) is -0.592. The second-order valence-electron chi connectivity index (χ2n) is 7.13. The highest BCUT2D eigenvalue weighted by molar-refractivity contribution is 5.52. The van der Waals surface area contributed by atoms with Crippen LogP contribution in [-0.2, 0) is 14.2 Å². The smallest absolute Gasteiger partial charge is 0.164 e. The maximum atomic E-state index is 6.42. The van der Waals surface area contributed by atoms with Crippen LogP contribution in [0.2, 0.25) is 0 Å². The molecule has 4 atom stereocenters. The Balaban J connectivity index is 1.80. The van der Waals surface area contributed by atoms with E-state index in [1.807, 2.05) is 31.4 Å². The van der Waals surface area contributed by atoms with E-state index >= 15 is 0 Å². The van der Waals surface area contributed by atoms with Gasteiger partial charge in [-0.3, -0.25) is 0 Å². The van der Waals surface area contributed by atoms with Crippen molar-refractivity contribution in [3.05, 3.63) is 29.8 Å². The van der Waals surface area contributed by atoms with Gasteiger partial charge in [-0.25, -0.2) is 9.50 Å². The Kier molecular flexibility index (Phi) is 3.11. The minimum atomic E-state index is -0.592. The predicted molar refractivity (Wildman–Crippen MR) is 84.1 cm³/mol. The largest absolute Gasteiger partial charge is 0.360 e. The summed E-state index contributed by atoms with van der Waals surface area (Å²) in [4.78, 5) is 4.25. The lowest BCUT2D eigenvalue weighted by atomic mass is 9.93. The molecule has 0 aromatic carbocycles. The molecule has 0 unspecified atom stereocenters. The second kappa shape index (κ2) is 4.75. The Morgan fingerprint density at radius 2 is 1.96 bits per heavy atom. The van der Waals surface area contributed by atoms with Crippen molar-refractivity contribution >= 4 is 5.52 Å². The van der Waals surface area contributed by atoms with E-state index in [4.69, 9.17) is 14.2 Å². The molecule has 2 aliphatic heterocycles. The monoisotopic (exact) mass is 317 g/mol. The first-order valence-corrected chi connectivity index (χ1v) is 8.17. The molecule has 2 aromatic rings. The number of aromatic nitrogens is 3. The first kappa shape index (κ1) is 15.1. The van der Waals surface area contributed by atoms with Crippen molar-refractivity contribution in [3.63, 3.8) is 0 Å². The molecule has 6 nitrogen and oxygen atoms in total. The molecule has 2 aromatic heterocycles. The van der Waals surface area contributed by atoms with Gasteiger partial charge in [-0.15, -0.1) is 0 Å². The lowest BCUT2D eigenvalue weighted by Gasteiger charge is -2.30. The van der Waals surface area contributed by atoms with Crippen LogP contribution in [0.4, 0.5) is 0 Å². The molecule has 0 N–H and O–H groups in total. The van der Waals surface area contributed by atoms with Gasteiger partial charge in [0, 0.05) is 0 Å². The van der Waals surface area contributed by atoms with Gasteiger partial charge in [0.05, 0.1) is 22.5 Å². The molecule has 2 aliphatic rings. The van der Waals surface area contributed by atoms with Gasteiger partial charge in [0.15, 0.2) is 5.79 Å². The third-order valence-corrected chi connectivity index (χ3v) is 5.09. The number of nitrogens with zero attached hydrogens (tertiary/aromatic N) is 3. The fraction of sp³-hybridized carbons (Fsp3) is 0.647. The van der Waals surface area contributed by atoms with Crippen LogP contribution in [0, 0.1) is 6.92 Å². The van der Waals surface area contributed by atoms with Gasteiger partial charge >= 0.3 is 0 Å². The molecule has 0 amide bonds. The summed E-state index contributed by atoms with van der Waals surface area (Å²) in [6, 6.07) is 4.08. The van der Waals surface area contributed by atoms with E-state index in [0.717, 1.165) is 23.3 Å². The Labute approximate surface area is 135 Å². The van der Waals surface area contributed by atoms with E-state index in [1.54, 1.807) is 6.33 Å². The van der Waals surface area contributed by atoms with Gasteiger partial charge in [-0.1, -0.05) is 6.92 Å². The van der Waals surface area contributed by atoms with Gasteiger partial charge in [0.2, 0.25) is 0 Å². The minimum Gasteiger partial charge on any atom is -0.360 e. The second-order valence-corrected chi connectivity index (χ2v) is 7.13. The maximum absolute atomic E-state index is 6.42. The van der Waals surface area contributed by atoms with E-state index in [-0.39, 0.29) is 23.9 Å². The van der Waals surface area contributed by atoms with Crippen LogP contribution in [0.3, 0.4) is 0 Å². The van der Waals surface area contributed by atoms with Crippen LogP contribution >= 0.6 is 0 Å². The molecule has 0 bridgehead atoms. The van der Waals surface area contributed by atoms with E-state index in [2.05, 4.69) is 30.0 Å². The van der Waals surface area contributed by atoms with Crippen molar-refractivity contribution < 1.29 is 14.2 Å². The lowest BCUT2D eigenvalue weighted by Crippen LogP contribution is -2.39. The lowest BCUT2D eigenvalue weighted by molar-refractivity contribution is -0.207. The predicted octanol–water partition coefficient (Wildman–Crippen LogP) is 2.80. The topological polar surface area (TPSA) is 57.9 Å². The maximum Gasteiger partial charge on any atom is 0.164 e. The van der Waals surface area contributed by atoms with Crippen LogP contribution in [0.1, 0.15) is 51.6 Å². The molecule has 0 radical (unpaired) electrons. The summed E-state index contributed by atoms with van der Waals surface area (Å²) in [5.41, 5.74) is 2.56. The summed E-state index contributed by atoms with van der Waals surface area (Å²) in [6.07, 6.45) is 2.02. The summed E-state index contributed by atoms with van der Waals surface area (Å²) >= 11 is 0. The molecule has 4 heterocycles. The number of fused-ring (bicyclic) bond motifs is 2. The molecule has 4 rings (SSSR count). The van der Waals surface area contributed by atoms with Crippen molar-refractivity contribution in [3.8, 4) is 0 Å². The number of rotatable bonds is 2. The van der Waals surface area contributed by atoms with Gasteiger partial charge in [0.25, 0.3) is 0 Å². The third-order valence-electron chi connectivity index (χ3n) is 5.09. The van der Waals surface area contributed by atoms with Gasteiger partial charge in [0.1, 0.15) is 24.6 Å². The highest BCUT2D eigenvalue weighted by Gasteiger charge is 2.60. The van der Waals surface area contributed by atoms with Crippen LogP contribution in [0.15, 0.2) is 18.5 Å². The number of hydrogen-bond acceptors (Lipinski definition) is 5. The van der Waals surface area contributed by atoms with Crippen LogP contribution < -0.4 is 0 Å². The van der Waals surface area contributed by atoms with Crippen molar-refractivity contribution in [1.29, 1.82) is 0 Å². The molecule has 0 spiro atoms. The minimum absolute atomic E-state index is 0.0824. The summed E-state index contributed by atoms with van der Waals surface area (Å²) in [7, 11) is 0. The average Bonchev–Trinajstić information content (AvgIpc) is 3.12. The summed E-state index contributed by atoms with van der Waals surface area (Å²) in [6.45, 7) is 10.1. The number of hydrogen-bond donors (Lipinski definition) is 0. The molecular weight excluding hydrogens is 294 g/mol. The quantitative estimate of drug-likeness (QED) is 0.852. The number of aryl methyl sites for hydroxylation is 1. The molecule has 2 fully saturated rings. The first-order valence-electron chi connectivity index (χ1n) is 8.17. The van der Waals surface area contributed by atoms with E-state index in [0.29, 0.717) is 0 Å². The Morgan fingerprint density at radius 1 is 1.17 bits per heavy atom. The fourth-order valence-corrected chi connectivity index (χ4v) is 3.71. The number of ether oxygens (including phenoxy) is 3. The van der Waals surface area contributed by atoms with E-state index in [1.165, 1.54) is 0 Å². The van der Waals surface area contributed by atoms with Crippen LogP contribution in [0.25, 0.3) is 5.52 Å². The normalized spacial score (nSPS) is 35.8. The van der Waals surface area contributed by atoms with E-state index < -0.39 is 5.79 Å². The van der Waals surface area contributed by atoms with Crippen molar-refractivity contribution in [1.82, 2.24) is 14.6 Å². The Hall–Kier alpha value is -1.50. The van der Waals surface area contributed by atoms with Crippen molar-refractivity contribution in [2.45, 2.75) is 70.7 Å². The highest BCUT2D eigenvalue weighted by Crippen LogP contribution is 2.50. The third kappa shape index (κ3) is 2.12. The molecule has 0 aliphatic carbocycles. The van der Waals surface area contributed by atoms with Gasteiger partial charge in [-0.05, 0) is 46.2 Å². The van der Waals surface area contributed by atoms with Gasteiger partial charge < -0.3 is 14.2 Å². The van der Waals surface area contributed by atoms with Crippen molar-refractivity contribution in [2.24, 2.45) is 0 Å². The van der Waals surface area contributed by atoms with E-state index in [9.17, 15) is 0 Å².